The lowest BCUT2D eigenvalue weighted by molar-refractivity contribution is -0.130. The molecule has 0 N–H and O–H groups in total. The molecular formula is C13H20N2O3S2. The first-order chi connectivity index (χ1) is 9.28. The highest BCUT2D eigenvalue weighted by atomic mass is 32.2. The molecule has 1 aromatic heterocycles. The summed E-state index contributed by atoms with van der Waals surface area (Å²) >= 11 is 1.56. The fourth-order valence-electron chi connectivity index (χ4n) is 2.28. The van der Waals surface area contributed by atoms with E-state index in [1.165, 1.54) is 0 Å². The summed E-state index contributed by atoms with van der Waals surface area (Å²) in [6.45, 7) is 6.81. The maximum atomic E-state index is 12.2. The van der Waals surface area contributed by atoms with E-state index in [9.17, 15) is 13.2 Å². The van der Waals surface area contributed by atoms with Gasteiger partial charge in [0, 0.05) is 18.0 Å². The zero-order valence-corrected chi connectivity index (χ0v) is 13.7. The quantitative estimate of drug-likeness (QED) is 0.845. The number of aryl methyl sites for hydroxylation is 1. The van der Waals surface area contributed by atoms with Crippen molar-refractivity contribution >= 4 is 27.1 Å². The second-order valence-corrected chi connectivity index (χ2v) is 9.00. The van der Waals surface area contributed by atoms with Crippen LogP contribution in [0.4, 0.5) is 0 Å². The Labute approximate surface area is 123 Å². The van der Waals surface area contributed by atoms with Gasteiger partial charge in [0.1, 0.15) is 5.01 Å². The summed E-state index contributed by atoms with van der Waals surface area (Å²) in [4.78, 5) is 19.5. The number of nitrogens with zero attached hydrogens (tertiary/aromatic N) is 2. The molecule has 0 radical (unpaired) electrons. The molecule has 0 unspecified atom stereocenters. The van der Waals surface area contributed by atoms with Crippen molar-refractivity contribution in [2.75, 3.05) is 24.6 Å². The number of hydrogen-bond acceptors (Lipinski definition) is 5. The third kappa shape index (κ3) is 3.58. The van der Waals surface area contributed by atoms with Crippen LogP contribution in [0.2, 0.25) is 0 Å². The van der Waals surface area contributed by atoms with E-state index in [0.29, 0.717) is 19.0 Å². The van der Waals surface area contributed by atoms with Crippen LogP contribution in [0.1, 0.15) is 35.3 Å². The molecule has 2 rings (SSSR count). The van der Waals surface area contributed by atoms with Crippen LogP contribution >= 0.6 is 11.3 Å². The van der Waals surface area contributed by atoms with Gasteiger partial charge in [-0.1, -0.05) is 13.8 Å². The number of thiazole rings is 1. The van der Waals surface area contributed by atoms with Crippen LogP contribution in [0.3, 0.4) is 0 Å². The molecule has 20 heavy (non-hydrogen) atoms. The highest BCUT2D eigenvalue weighted by molar-refractivity contribution is 7.91. The van der Waals surface area contributed by atoms with Crippen LogP contribution in [-0.4, -0.2) is 48.8 Å². The van der Waals surface area contributed by atoms with Crippen LogP contribution in [0.5, 0.6) is 0 Å². The molecule has 5 nitrogen and oxygen atoms in total. The minimum absolute atomic E-state index is 0.0241. The largest absolute Gasteiger partial charge is 0.340 e. The number of aromatic nitrogens is 1. The van der Waals surface area contributed by atoms with E-state index in [1.807, 2.05) is 6.92 Å². The van der Waals surface area contributed by atoms with Crippen molar-refractivity contribution in [1.29, 1.82) is 0 Å². The van der Waals surface area contributed by atoms with E-state index < -0.39 is 9.84 Å². The van der Waals surface area contributed by atoms with Gasteiger partial charge in [0.2, 0.25) is 5.91 Å². The van der Waals surface area contributed by atoms with E-state index in [-0.39, 0.29) is 23.8 Å². The Morgan fingerprint density at radius 2 is 1.95 bits per heavy atom. The lowest BCUT2D eigenvalue weighted by Crippen LogP contribution is -2.44. The fraction of sp³-hybridized carbons (Fsp3) is 0.692. The van der Waals surface area contributed by atoms with Gasteiger partial charge >= 0.3 is 0 Å². The minimum atomic E-state index is -2.94. The first-order valence-corrected chi connectivity index (χ1v) is 9.36. The lowest BCUT2D eigenvalue weighted by atomic mass is 10.1. The first-order valence-electron chi connectivity index (χ1n) is 6.73. The molecule has 1 aromatic rings. The highest BCUT2D eigenvalue weighted by Gasteiger charge is 2.25. The summed E-state index contributed by atoms with van der Waals surface area (Å²) in [5.41, 5.74) is 1.05. The van der Waals surface area contributed by atoms with Crippen molar-refractivity contribution in [2.24, 2.45) is 0 Å². The number of hydrogen-bond donors (Lipinski definition) is 0. The molecule has 0 atom stereocenters. The Balaban J connectivity index is 2.00. The SMILES string of the molecule is Cc1sc(CC(=O)N2CCS(=O)(=O)CC2)nc1C(C)C. The minimum Gasteiger partial charge on any atom is -0.340 e. The zero-order chi connectivity index (χ0) is 14.9. The van der Waals surface area contributed by atoms with Gasteiger partial charge in [-0.15, -0.1) is 11.3 Å². The van der Waals surface area contributed by atoms with E-state index in [0.717, 1.165) is 15.6 Å². The number of carbonyl (C=O) groups excluding carboxylic acids is 1. The molecule has 1 amide bonds. The Morgan fingerprint density at radius 3 is 2.45 bits per heavy atom. The van der Waals surface area contributed by atoms with Crippen LogP contribution in [-0.2, 0) is 21.1 Å². The Hall–Kier alpha value is -0.950. The monoisotopic (exact) mass is 316 g/mol. The predicted molar refractivity (Wildman–Crippen MR) is 79.9 cm³/mol. The second kappa shape index (κ2) is 5.81. The van der Waals surface area contributed by atoms with Crippen molar-refractivity contribution < 1.29 is 13.2 Å². The molecule has 1 aliphatic rings. The van der Waals surface area contributed by atoms with Crippen LogP contribution < -0.4 is 0 Å². The Morgan fingerprint density at radius 1 is 1.35 bits per heavy atom. The van der Waals surface area contributed by atoms with Gasteiger partial charge in [-0.25, -0.2) is 13.4 Å². The topological polar surface area (TPSA) is 67.3 Å². The molecule has 112 valence electrons. The first kappa shape index (κ1) is 15.4. The van der Waals surface area contributed by atoms with Gasteiger partial charge in [-0.3, -0.25) is 4.79 Å². The van der Waals surface area contributed by atoms with Gasteiger partial charge in [0.15, 0.2) is 9.84 Å². The summed E-state index contributed by atoms with van der Waals surface area (Å²) in [7, 11) is -2.94. The molecule has 7 heteroatoms. The smallest absolute Gasteiger partial charge is 0.229 e. The van der Waals surface area contributed by atoms with Crippen molar-refractivity contribution in [3.63, 3.8) is 0 Å². The third-order valence-corrected chi connectivity index (χ3v) is 6.02. The maximum absolute atomic E-state index is 12.2. The molecule has 1 saturated heterocycles. The molecule has 1 aliphatic heterocycles. The molecule has 0 spiro atoms. The molecule has 0 bridgehead atoms. The van der Waals surface area contributed by atoms with Crippen molar-refractivity contribution in [3.8, 4) is 0 Å². The molecule has 0 saturated carbocycles. The van der Waals surface area contributed by atoms with Crippen molar-refractivity contribution in [3.05, 3.63) is 15.6 Å². The maximum Gasteiger partial charge on any atom is 0.229 e. The summed E-state index contributed by atoms with van der Waals surface area (Å²) in [5.74, 6) is 0.485. The van der Waals surface area contributed by atoms with E-state index in [4.69, 9.17) is 0 Å². The predicted octanol–water partition coefficient (Wildman–Crippen LogP) is 1.37. The van der Waals surface area contributed by atoms with Crippen LogP contribution in [0.15, 0.2) is 0 Å². The second-order valence-electron chi connectivity index (χ2n) is 5.41. The number of sulfone groups is 1. The van der Waals surface area contributed by atoms with Gasteiger partial charge in [-0.2, -0.15) is 0 Å². The number of carbonyl (C=O) groups is 1. The van der Waals surface area contributed by atoms with Crippen LogP contribution in [0.25, 0.3) is 0 Å². The Bertz CT molecular complexity index is 591. The van der Waals surface area contributed by atoms with Crippen LogP contribution in [0, 0.1) is 6.92 Å². The van der Waals surface area contributed by atoms with Gasteiger partial charge in [-0.05, 0) is 12.8 Å². The Kier molecular flexibility index (Phi) is 4.49. The number of amides is 1. The van der Waals surface area contributed by atoms with E-state index in [1.54, 1.807) is 16.2 Å². The highest BCUT2D eigenvalue weighted by Crippen LogP contribution is 2.24. The third-order valence-electron chi connectivity index (χ3n) is 3.42. The fourth-order valence-corrected chi connectivity index (χ4v) is 4.56. The lowest BCUT2D eigenvalue weighted by Gasteiger charge is -2.26. The van der Waals surface area contributed by atoms with Gasteiger partial charge < -0.3 is 4.90 Å². The molecule has 0 aliphatic carbocycles. The zero-order valence-electron chi connectivity index (χ0n) is 12.0. The molecular weight excluding hydrogens is 296 g/mol. The molecule has 0 aromatic carbocycles. The average molecular weight is 316 g/mol. The molecule has 2 heterocycles. The van der Waals surface area contributed by atoms with Gasteiger partial charge in [0.05, 0.1) is 23.6 Å². The normalized spacial score (nSPS) is 18.5. The average Bonchev–Trinajstić information content (AvgIpc) is 2.70. The number of rotatable bonds is 3. The van der Waals surface area contributed by atoms with E-state index >= 15 is 0 Å². The summed E-state index contributed by atoms with van der Waals surface area (Å²) in [6.07, 6.45) is 0.276. The summed E-state index contributed by atoms with van der Waals surface area (Å²) < 4.78 is 22.7. The van der Waals surface area contributed by atoms with E-state index in [2.05, 4.69) is 18.8 Å². The molecule has 1 fully saturated rings. The van der Waals surface area contributed by atoms with Crippen molar-refractivity contribution in [2.45, 2.75) is 33.1 Å². The summed E-state index contributed by atoms with van der Waals surface area (Å²) in [5, 5.41) is 0.824. The standard InChI is InChI=1S/C13H20N2O3S2/c1-9(2)13-10(3)19-11(14-13)8-12(16)15-4-6-20(17,18)7-5-15/h9H,4-8H2,1-3H3. The van der Waals surface area contributed by atoms with Crippen molar-refractivity contribution in [1.82, 2.24) is 9.88 Å². The van der Waals surface area contributed by atoms with Gasteiger partial charge in [0.25, 0.3) is 0 Å². The summed E-state index contributed by atoms with van der Waals surface area (Å²) in [6, 6.07) is 0.